The van der Waals surface area contributed by atoms with Crippen molar-refractivity contribution in [2.45, 2.75) is 0 Å². The van der Waals surface area contributed by atoms with Crippen LogP contribution in [-0.4, -0.2) is 35.9 Å². The maximum atomic E-state index is 12.8. The molecule has 8 heteroatoms. The second kappa shape index (κ2) is 6.75. The second-order valence-corrected chi connectivity index (χ2v) is 6.70. The molecule has 0 unspecified atom stereocenters. The summed E-state index contributed by atoms with van der Waals surface area (Å²) in [6, 6.07) is 15.5. The van der Waals surface area contributed by atoms with E-state index in [1.165, 1.54) is 6.20 Å². The summed E-state index contributed by atoms with van der Waals surface area (Å²) in [5.41, 5.74) is 5.24. The molecule has 0 saturated carbocycles. The highest BCUT2D eigenvalue weighted by atomic mass is 16.1. The van der Waals surface area contributed by atoms with Crippen molar-refractivity contribution in [3.05, 3.63) is 72.7 Å². The van der Waals surface area contributed by atoms with E-state index in [0.29, 0.717) is 16.9 Å². The van der Waals surface area contributed by atoms with E-state index in [4.69, 9.17) is 0 Å². The van der Waals surface area contributed by atoms with Gasteiger partial charge in [0.2, 0.25) is 0 Å². The van der Waals surface area contributed by atoms with Crippen LogP contribution in [0.25, 0.3) is 33.7 Å². The van der Waals surface area contributed by atoms with Crippen molar-refractivity contribution in [2.75, 3.05) is 5.32 Å². The van der Waals surface area contributed by atoms with E-state index in [2.05, 4.69) is 30.6 Å². The molecular formula is C21H17N7O. The van der Waals surface area contributed by atoms with Crippen molar-refractivity contribution < 1.29 is 4.79 Å². The number of fused-ring (bicyclic) bond motifs is 1. The van der Waals surface area contributed by atoms with Gasteiger partial charge in [0.15, 0.2) is 0 Å². The molecule has 2 aromatic carbocycles. The Morgan fingerprint density at radius 2 is 1.93 bits per heavy atom. The zero-order chi connectivity index (χ0) is 19.8. The molecule has 0 spiro atoms. The fourth-order valence-corrected chi connectivity index (χ4v) is 3.25. The number of amides is 1. The number of nitrogens with zero attached hydrogens (tertiary/aromatic N) is 4. The van der Waals surface area contributed by atoms with E-state index in [0.717, 1.165) is 28.0 Å². The van der Waals surface area contributed by atoms with Gasteiger partial charge in [0.1, 0.15) is 5.82 Å². The molecular weight excluding hydrogens is 366 g/mol. The zero-order valence-electron chi connectivity index (χ0n) is 15.5. The molecule has 0 aliphatic carbocycles. The Bertz CT molecular complexity index is 1310. The van der Waals surface area contributed by atoms with Crippen LogP contribution in [0.2, 0.25) is 0 Å². The Balaban J connectivity index is 1.42. The van der Waals surface area contributed by atoms with E-state index in [1.807, 2.05) is 61.8 Å². The highest BCUT2D eigenvalue weighted by Gasteiger charge is 2.17. The molecule has 3 heterocycles. The summed E-state index contributed by atoms with van der Waals surface area (Å²) in [5.74, 6) is 0.539. The van der Waals surface area contributed by atoms with Crippen LogP contribution in [0.1, 0.15) is 10.4 Å². The highest BCUT2D eigenvalue weighted by molar-refractivity contribution is 6.08. The van der Waals surface area contributed by atoms with Crippen LogP contribution >= 0.6 is 0 Å². The molecule has 5 rings (SSSR count). The molecule has 0 aliphatic rings. The van der Waals surface area contributed by atoms with Crippen molar-refractivity contribution in [2.24, 2.45) is 7.05 Å². The third-order valence-electron chi connectivity index (χ3n) is 4.66. The van der Waals surface area contributed by atoms with Crippen LogP contribution in [0.4, 0.5) is 5.69 Å². The third-order valence-corrected chi connectivity index (χ3v) is 4.66. The largest absolute Gasteiger partial charge is 0.338 e. The third kappa shape index (κ3) is 3.16. The zero-order valence-corrected chi connectivity index (χ0v) is 15.5. The Morgan fingerprint density at radius 3 is 2.72 bits per heavy atom. The minimum atomic E-state index is -0.250. The van der Waals surface area contributed by atoms with Gasteiger partial charge in [-0.2, -0.15) is 10.2 Å². The number of nitrogens with one attached hydrogen (secondary N) is 3. The average Bonchev–Trinajstić information content (AvgIpc) is 3.47. The first-order valence-corrected chi connectivity index (χ1v) is 9.06. The number of hydrogen-bond acceptors (Lipinski definition) is 4. The first-order valence-electron chi connectivity index (χ1n) is 9.06. The number of anilines is 1. The number of aryl methyl sites for hydroxylation is 1. The molecule has 29 heavy (non-hydrogen) atoms. The number of imidazole rings is 1. The SMILES string of the molecule is Cn1cc(-c2[nH]ncc2C(=O)Nc2ccc3nc(-c4ccccc4)[nH]c3c2)cn1. The summed E-state index contributed by atoms with van der Waals surface area (Å²) >= 11 is 0. The first kappa shape index (κ1) is 16.9. The molecule has 5 aromatic rings. The van der Waals surface area contributed by atoms with Crippen LogP contribution in [0, 0.1) is 0 Å². The summed E-state index contributed by atoms with van der Waals surface area (Å²) < 4.78 is 1.67. The number of H-pyrrole nitrogens is 2. The predicted molar refractivity (Wildman–Crippen MR) is 110 cm³/mol. The number of hydrogen-bond donors (Lipinski definition) is 3. The first-order chi connectivity index (χ1) is 14.2. The van der Waals surface area contributed by atoms with Gasteiger partial charge in [0, 0.05) is 30.1 Å². The van der Waals surface area contributed by atoms with E-state index in [-0.39, 0.29) is 5.91 Å². The van der Waals surface area contributed by atoms with Gasteiger partial charge in [-0.1, -0.05) is 30.3 Å². The molecule has 3 N–H and O–H groups in total. The minimum Gasteiger partial charge on any atom is -0.338 e. The van der Waals surface area contributed by atoms with E-state index >= 15 is 0 Å². The number of aromatic nitrogens is 6. The summed E-state index contributed by atoms with van der Waals surface area (Å²) in [6.45, 7) is 0. The Labute approximate surface area is 165 Å². The van der Waals surface area contributed by atoms with Crippen LogP contribution in [-0.2, 0) is 7.05 Å². The minimum absolute atomic E-state index is 0.250. The fourth-order valence-electron chi connectivity index (χ4n) is 3.25. The number of aromatic amines is 2. The molecule has 142 valence electrons. The quantitative estimate of drug-likeness (QED) is 0.441. The van der Waals surface area contributed by atoms with E-state index in [1.54, 1.807) is 10.9 Å². The molecule has 1 amide bonds. The van der Waals surface area contributed by atoms with Crippen LogP contribution < -0.4 is 5.32 Å². The molecule has 0 radical (unpaired) electrons. The molecule has 0 saturated heterocycles. The van der Waals surface area contributed by atoms with Crippen LogP contribution in [0.5, 0.6) is 0 Å². The fraction of sp³-hybridized carbons (Fsp3) is 0.0476. The smallest absolute Gasteiger partial charge is 0.259 e. The molecule has 0 bridgehead atoms. The maximum Gasteiger partial charge on any atom is 0.259 e. The van der Waals surface area contributed by atoms with Crippen molar-refractivity contribution in [3.8, 4) is 22.6 Å². The van der Waals surface area contributed by atoms with Gasteiger partial charge in [0.05, 0.1) is 34.7 Å². The Hall–Kier alpha value is -4.20. The Kier molecular flexibility index (Phi) is 3.94. The average molecular weight is 383 g/mol. The maximum absolute atomic E-state index is 12.8. The predicted octanol–water partition coefficient (Wildman–Crippen LogP) is 3.61. The number of carbonyl (C=O) groups excluding carboxylic acids is 1. The van der Waals surface area contributed by atoms with Gasteiger partial charge in [-0.3, -0.25) is 14.6 Å². The van der Waals surface area contributed by atoms with E-state index < -0.39 is 0 Å². The summed E-state index contributed by atoms with van der Waals surface area (Å²) in [6.07, 6.45) is 5.03. The normalized spacial score (nSPS) is 11.1. The highest BCUT2D eigenvalue weighted by Crippen LogP contribution is 2.24. The van der Waals surface area contributed by atoms with Crippen molar-refractivity contribution >= 4 is 22.6 Å². The topological polar surface area (TPSA) is 104 Å². The lowest BCUT2D eigenvalue weighted by Crippen LogP contribution is -2.12. The number of carbonyl (C=O) groups is 1. The van der Waals surface area contributed by atoms with Gasteiger partial charge in [-0.05, 0) is 18.2 Å². The summed E-state index contributed by atoms with van der Waals surface area (Å²) in [4.78, 5) is 20.7. The molecule has 3 aromatic heterocycles. The van der Waals surface area contributed by atoms with E-state index in [9.17, 15) is 4.79 Å². The molecule has 0 aliphatic heterocycles. The molecule has 0 fully saturated rings. The van der Waals surface area contributed by atoms with Crippen molar-refractivity contribution in [1.82, 2.24) is 29.9 Å². The number of benzene rings is 2. The summed E-state index contributed by atoms with van der Waals surface area (Å²) in [5, 5.41) is 14.0. The summed E-state index contributed by atoms with van der Waals surface area (Å²) in [7, 11) is 1.82. The lowest BCUT2D eigenvalue weighted by molar-refractivity contribution is 0.102. The lowest BCUT2D eigenvalue weighted by atomic mass is 10.1. The van der Waals surface area contributed by atoms with Gasteiger partial charge in [-0.25, -0.2) is 4.98 Å². The standard InChI is InChI=1S/C21H17N7O/c1-28-12-14(10-23-28)19-16(11-22-27-19)21(29)24-15-7-8-17-18(9-15)26-20(25-17)13-5-3-2-4-6-13/h2-12H,1H3,(H,22,27)(H,24,29)(H,25,26). The van der Waals surface area contributed by atoms with Gasteiger partial charge in [0.25, 0.3) is 5.91 Å². The molecule has 8 nitrogen and oxygen atoms in total. The number of rotatable bonds is 4. The second-order valence-electron chi connectivity index (χ2n) is 6.70. The van der Waals surface area contributed by atoms with Crippen LogP contribution in [0.3, 0.4) is 0 Å². The van der Waals surface area contributed by atoms with Crippen molar-refractivity contribution in [1.29, 1.82) is 0 Å². The lowest BCUT2D eigenvalue weighted by Gasteiger charge is -2.05. The van der Waals surface area contributed by atoms with Crippen molar-refractivity contribution in [3.63, 3.8) is 0 Å². The van der Waals surface area contributed by atoms with Gasteiger partial charge >= 0.3 is 0 Å². The molecule has 0 atom stereocenters. The van der Waals surface area contributed by atoms with Gasteiger partial charge in [-0.15, -0.1) is 0 Å². The van der Waals surface area contributed by atoms with Crippen LogP contribution in [0.15, 0.2) is 67.1 Å². The van der Waals surface area contributed by atoms with Gasteiger partial charge < -0.3 is 10.3 Å². The monoisotopic (exact) mass is 383 g/mol. The Morgan fingerprint density at radius 1 is 1.07 bits per heavy atom.